The monoisotopic (exact) mass is 357 g/mol. The summed E-state index contributed by atoms with van der Waals surface area (Å²) in [4.78, 5) is 14.9. The number of hydrogen-bond donors (Lipinski definition) is 1. The van der Waals surface area contributed by atoms with Gasteiger partial charge >= 0.3 is 0 Å². The van der Waals surface area contributed by atoms with E-state index < -0.39 is 0 Å². The Hall–Kier alpha value is -2.54. The van der Waals surface area contributed by atoms with Crippen LogP contribution in [0, 0.1) is 13.8 Å². The van der Waals surface area contributed by atoms with Gasteiger partial charge in [-0.2, -0.15) is 0 Å². The van der Waals surface area contributed by atoms with Gasteiger partial charge in [0.05, 0.1) is 5.69 Å². The van der Waals surface area contributed by atoms with Crippen LogP contribution in [-0.2, 0) is 6.54 Å². The maximum atomic E-state index is 12.6. The lowest BCUT2D eigenvalue weighted by atomic mass is 10.0. The van der Waals surface area contributed by atoms with Crippen molar-refractivity contribution < 1.29 is 18.8 Å². The fourth-order valence-electron chi connectivity index (χ4n) is 3.57. The Labute approximate surface area is 152 Å². The van der Waals surface area contributed by atoms with E-state index in [2.05, 4.69) is 15.4 Å². The predicted molar refractivity (Wildman–Crippen MR) is 94.3 cm³/mol. The first-order chi connectivity index (χ1) is 12.6. The Morgan fingerprint density at radius 1 is 1.31 bits per heavy atom. The number of ether oxygens (including phenoxy) is 2. The summed E-state index contributed by atoms with van der Waals surface area (Å²) >= 11 is 0. The molecule has 1 aromatic carbocycles. The molecule has 1 atom stereocenters. The van der Waals surface area contributed by atoms with Crippen LogP contribution < -0.4 is 14.8 Å². The number of hydrogen-bond acceptors (Lipinski definition) is 6. The molecule has 1 fully saturated rings. The number of piperidine rings is 1. The molecule has 2 aromatic rings. The molecule has 3 heterocycles. The number of aromatic nitrogens is 1. The maximum Gasteiger partial charge on any atom is 0.251 e. The zero-order valence-electron chi connectivity index (χ0n) is 15.1. The number of rotatable bonds is 4. The molecule has 138 valence electrons. The molecule has 7 heteroatoms. The van der Waals surface area contributed by atoms with Crippen molar-refractivity contribution in [1.29, 1.82) is 0 Å². The Morgan fingerprint density at radius 3 is 2.96 bits per heavy atom. The molecule has 0 aliphatic carbocycles. The van der Waals surface area contributed by atoms with Crippen molar-refractivity contribution in [1.82, 2.24) is 15.4 Å². The highest BCUT2D eigenvalue weighted by Crippen LogP contribution is 2.32. The SMILES string of the molecule is Cc1noc(C)c1CN1CCCC(NC(=O)c2ccc3c(c2)OCO3)C1. The van der Waals surface area contributed by atoms with Crippen molar-refractivity contribution in [3.05, 3.63) is 40.8 Å². The summed E-state index contributed by atoms with van der Waals surface area (Å²) in [5, 5.41) is 7.17. The van der Waals surface area contributed by atoms with Gasteiger partial charge in [-0.05, 0) is 51.4 Å². The van der Waals surface area contributed by atoms with Crippen LogP contribution in [-0.4, -0.2) is 41.9 Å². The molecule has 0 bridgehead atoms. The first kappa shape index (κ1) is 16.9. The van der Waals surface area contributed by atoms with E-state index in [0.717, 1.165) is 49.5 Å². The van der Waals surface area contributed by atoms with Gasteiger partial charge in [0.1, 0.15) is 5.76 Å². The van der Waals surface area contributed by atoms with Crippen LogP contribution >= 0.6 is 0 Å². The fourth-order valence-corrected chi connectivity index (χ4v) is 3.57. The number of benzene rings is 1. The normalized spacial score (nSPS) is 19.5. The van der Waals surface area contributed by atoms with Crippen molar-refractivity contribution in [3.63, 3.8) is 0 Å². The zero-order chi connectivity index (χ0) is 18.1. The number of carbonyl (C=O) groups is 1. The second-order valence-electron chi connectivity index (χ2n) is 6.92. The van der Waals surface area contributed by atoms with Crippen LogP contribution in [0.15, 0.2) is 22.7 Å². The molecule has 1 unspecified atom stereocenters. The maximum absolute atomic E-state index is 12.6. The predicted octanol–water partition coefficient (Wildman–Crippen LogP) is 2.41. The Kier molecular flexibility index (Phi) is 4.55. The van der Waals surface area contributed by atoms with Crippen LogP contribution in [0.25, 0.3) is 0 Å². The molecule has 1 aromatic heterocycles. The number of carbonyl (C=O) groups excluding carboxylic acids is 1. The van der Waals surface area contributed by atoms with Crippen LogP contribution in [0.3, 0.4) is 0 Å². The average molecular weight is 357 g/mol. The third kappa shape index (κ3) is 3.39. The summed E-state index contributed by atoms with van der Waals surface area (Å²) in [7, 11) is 0. The van der Waals surface area contributed by atoms with E-state index >= 15 is 0 Å². The van der Waals surface area contributed by atoms with Gasteiger partial charge in [0.15, 0.2) is 11.5 Å². The van der Waals surface area contributed by atoms with Gasteiger partial charge < -0.3 is 19.3 Å². The van der Waals surface area contributed by atoms with Gasteiger partial charge in [0.2, 0.25) is 6.79 Å². The van der Waals surface area contributed by atoms with Crippen molar-refractivity contribution >= 4 is 5.91 Å². The third-order valence-electron chi connectivity index (χ3n) is 5.04. The second-order valence-corrected chi connectivity index (χ2v) is 6.92. The minimum atomic E-state index is -0.0764. The summed E-state index contributed by atoms with van der Waals surface area (Å²) in [5.74, 6) is 2.10. The highest BCUT2D eigenvalue weighted by molar-refractivity contribution is 5.95. The van der Waals surface area contributed by atoms with E-state index in [9.17, 15) is 4.79 Å². The van der Waals surface area contributed by atoms with E-state index in [1.54, 1.807) is 18.2 Å². The third-order valence-corrected chi connectivity index (χ3v) is 5.04. The Balaban J connectivity index is 1.38. The lowest BCUT2D eigenvalue weighted by molar-refractivity contribution is 0.0900. The molecule has 4 rings (SSSR count). The molecule has 1 amide bonds. The van der Waals surface area contributed by atoms with Gasteiger partial charge in [-0.1, -0.05) is 5.16 Å². The number of likely N-dealkylation sites (tertiary alicyclic amines) is 1. The average Bonchev–Trinajstić information content (AvgIpc) is 3.23. The van der Waals surface area contributed by atoms with Gasteiger partial charge in [0.25, 0.3) is 5.91 Å². The standard InChI is InChI=1S/C19H23N3O4/c1-12-16(13(2)26-21-12)10-22-7-3-4-15(9-22)20-19(23)14-5-6-17-18(8-14)25-11-24-17/h5-6,8,15H,3-4,7,9-11H2,1-2H3,(H,20,23). The van der Waals surface area contributed by atoms with E-state index in [1.807, 2.05) is 13.8 Å². The van der Waals surface area contributed by atoms with Gasteiger partial charge in [-0.25, -0.2) is 0 Å². The lowest BCUT2D eigenvalue weighted by Crippen LogP contribution is -2.47. The van der Waals surface area contributed by atoms with Crippen molar-refractivity contribution in [3.8, 4) is 11.5 Å². The number of amides is 1. The van der Waals surface area contributed by atoms with Gasteiger partial charge in [0, 0.05) is 30.3 Å². The van der Waals surface area contributed by atoms with E-state index in [4.69, 9.17) is 14.0 Å². The first-order valence-corrected chi connectivity index (χ1v) is 8.95. The van der Waals surface area contributed by atoms with E-state index in [0.29, 0.717) is 17.1 Å². The molecule has 0 spiro atoms. The molecule has 1 saturated heterocycles. The minimum absolute atomic E-state index is 0.0764. The highest BCUT2D eigenvalue weighted by atomic mass is 16.7. The minimum Gasteiger partial charge on any atom is -0.454 e. The molecule has 2 aliphatic rings. The quantitative estimate of drug-likeness (QED) is 0.906. The van der Waals surface area contributed by atoms with Crippen molar-refractivity contribution in [2.75, 3.05) is 19.9 Å². The Bertz CT molecular complexity index is 798. The molecule has 7 nitrogen and oxygen atoms in total. The summed E-state index contributed by atoms with van der Waals surface area (Å²) in [6.07, 6.45) is 2.03. The van der Waals surface area contributed by atoms with Crippen LogP contribution in [0.2, 0.25) is 0 Å². The second kappa shape index (κ2) is 6.99. The van der Waals surface area contributed by atoms with Crippen LogP contribution in [0.4, 0.5) is 0 Å². The molecule has 2 aliphatic heterocycles. The van der Waals surface area contributed by atoms with Crippen molar-refractivity contribution in [2.45, 2.75) is 39.3 Å². The molecule has 0 saturated carbocycles. The smallest absolute Gasteiger partial charge is 0.251 e. The number of fused-ring (bicyclic) bond motifs is 1. The summed E-state index contributed by atoms with van der Waals surface area (Å²) < 4.78 is 15.9. The largest absolute Gasteiger partial charge is 0.454 e. The summed E-state index contributed by atoms with van der Waals surface area (Å²) in [6, 6.07) is 5.42. The van der Waals surface area contributed by atoms with Gasteiger partial charge in [-0.3, -0.25) is 9.69 Å². The zero-order valence-corrected chi connectivity index (χ0v) is 15.1. The van der Waals surface area contributed by atoms with Gasteiger partial charge in [-0.15, -0.1) is 0 Å². The first-order valence-electron chi connectivity index (χ1n) is 8.95. The number of nitrogens with zero attached hydrogens (tertiary/aromatic N) is 2. The van der Waals surface area contributed by atoms with Crippen molar-refractivity contribution in [2.24, 2.45) is 0 Å². The van der Waals surface area contributed by atoms with Crippen LogP contribution in [0.5, 0.6) is 11.5 Å². The fraction of sp³-hybridized carbons (Fsp3) is 0.474. The molecule has 1 N–H and O–H groups in total. The van der Waals surface area contributed by atoms with E-state index in [-0.39, 0.29) is 18.7 Å². The molecule has 26 heavy (non-hydrogen) atoms. The summed E-state index contributed by atoms with van der Waals surface area (Å²) in [5.41, 5.74) is 2.68. The number of aryl methyl sites for hydroxylation is 2. The lowest BCUT2D eigenvalue weighted by Gasteiger charge is -2.33. The molecular formula is C19H23N3O4. The number of nitrogens with one attached hydrogen (secondary N) is 1. The Morgan fingerprint density at radius 2 is 2.15 bits per heavy atom. The highest BCUT2D eigenvalue weighted by Gasteiger charge is 2.24. The topological polar surface area (TPSA) is 76.8 Å². The van der Waals surface area contributed by atoms with Crippen LogP contribution in [0.1, 0.15) is 40.2 Å². The summed E-state index contributed by atoms with van der Waals surface area (Å²) in [6.45, 7) is 6.75. The molecule has 0 radical (unpaired) electrons. The molecular weight excluding hydrogens is 334 g/mol. The van der Waals surface area contributed by atoms with E-state index in [1.165, 1.54) is 0 Å².